The molecule has 0 bridgehead atoms. The second-order valence-corrected chi connectivity index (χ2v) is 3.65. The molecule has 2 rings (SSSR count). The Bertz CT molecular complexity index is 284. The van der Waals surface area contributed by atoms with Gasteiger partial charge in [-0.2, -0.15) is 4.98 Å². The Morgan fingerprint density at radius 1 is 1.62 bits per heavy atom. The molecule has 1 atom stereocenters. The molecule has 0 amide bonds. The average molecular weight is 181 g/mol. The third-order valence-corrected chi connectivity index (χ3v) is 2.54. The summed E-state index contributed by atoms with van der Waals surface area (Å²) in [5.74, 6) is 2.10. The number of nitrogens with zero attached hydrogens (tertiary/aromatic N) is 3. The van der Waals surface area contributed by atoms with E-state index in [-0.39, 0.29) is 0 Å². The number of aromatic nitrogens is 2. The van der Waals surface area contributed by atoms with E-state index in [4.69, 9.17) is 4.52 Å². The standard InChI is InChI=1S/C9H15N3O/c1-3-8-10-9(13-11-8)7-4-5-12(2)6-7/h7H,3-6H2,1-2H3. The van der Waals surface area contributed by atoms with Crippen molar-refractivity contribution in [3.8, 4) is 0 Å². The van der Waals surface area contributed by atoms with Crippen LogP contribution in [0.2, 0.25) is 0 Å². The normalized spacial score (nSPS) is 24.0. The predicted octanol–water partition coefficient (Wildman–Crippen LogP) is 1.05. The fraction of sp³-hybridized carbons (Fsp3) is 0.778. The zero-order chi connectivity index (χ0) is 9.26. The minimum Gasteiger partial charge on any atom is -0.339 e. The van der Waals surface area contributed by atoms with Crippen molar-refractivity contribution >= 4 is 0 Å². The van der Waals surface area contributed by atoms with Crippen molar-refractivity contribution in [1.29, 1.82) is 0 Å². The Kier molecular flexibility index (Phi) is 2.31. The van der Waals surface area contributed by atoms with E-state index in [2.05, 4.69) is 22.1 Å². The summed E-state index contributed by atoms with van der Waals surface area (Å²) in [6, 6.07) is 0. The maximum absolute atomic E-state index is 5.20. The molecule has 0 saturated carbocycles. The highest BCUT2D eigenvalue weighted by atomic mass is 16.5. The van der Waals surface area contributed by atoms with E-state index >= 15 is 0 Å². The van der Waals surface area contributed by atoms with Crippen LogP contribution in [0.5, 0.6) is 0 Å². The first-order valence-corrected chi connectivity index (χ1v) is 4.80. The lowest BCUT2D eigenvalue weighted by Gasteiger charge is -2.04. The highest BCUT2D eigenvalue weighted by Gasteiger charge is 2.25. The lowest BCUT2D eigenvalue weighted by molar-refractivity contribution is 0.342. The molecule has 1 fully saturated rings. The number of hydrogen-bond donors (Lipinski definition) is 0. The molecule has 1 aliphatic heterocycles. The molecule has 4 nitrogen and oxygen atoms in total. The van der Waals surface area contributed by atoms with Gasteiger partial charge in [-0.15, -0.1) is 0 Å². The summed E-state index contributed by atoms with van der Waals surface area (Å²) >= 11 is 0. The molecular formula is C9H15N3O. The van der Waals surface area contributed by atoms with Gasteiger partial charge in [0.1, 0.15) is 0 Å². The molecule has 2 heterocycles. The van der Waals surface area contributed by atoms with E-state index in [1.807, 2.05) is 6.92 Å². The van der Waals surface area contributed by atoms with Gasteiger partial charge in [0, 0.05) is 13.0 Å². The van der Waals surface area contributed by atoms with Gasteiger partial charge in [0.2, 0.25) is 5.89 Å². The van der Waals surface area contributed by atoms with E-state index in [1.54, 1.807) is 0 Å². The molecular weight excluding hydrogens is 166 g/mol. The van der Waals surface area contributed by atoms with Gasteiger partial charge in [-0.05, 0) is 20.0 Å². The van der Waals surface area contributed by atoms with Crippen molar-refractivity contribution in [2.24, 2.45) is 0 Å². The van der Waals surface area contributed by atoms with Crippen LogP contribution in [0.25, 0.3) is 0 Å². The summed E-state index contributed by atoms with van der Waals surface area (Å²) in [4.78, 5) is 6.63. The van der Waals surface area contributed by atoms with Crippen molar-refractivity contribution in [2.75, 3.05) is 20.1 Å². The van der Waals surface area contributed by atoms with E-state index in [0.29, 0.717) is 5.92 Å². The van der Waals surface area contributed by atoms with Gasteiger partial charge < -0.3 is 9.42 Å². The quantitative estimate of drug-likeness (QED) is 0.684. The first-order chi connectivity index (χ1) is 6.29. The summed E-state index contributed by atoms with van der Waals surface area (Å²) in [5, 5.41) is 3.90. The van der Waals surface area contributed by atoms with Gasteiger partial charge in [0.15, 0.2) is 5.82 Å². The predicted molar refractivity (Wildman–Crippen MR) is 48.5 cm³/mol. The highest BCUT2D eigenvalue weighted by molar-refractivity contribution is 4.98. The third-order valence-electron chi connectivity index (χ3n) is 2.54. The van der Waals surface area contributed by atoms with Crippen LogP contribution in [-0.2, 0) is 6.42 Å². The van der Waals surface area contributed by atoms with Crippen LogP contribution in [0.3, 0.4) is 0 Å². The van der Waals surface area contributed by atoms with Crippen LogP contribution in [0.4, 0.5) is 0 Å². The molecule has 0 aliphatic carbocycles. The summed E-state index contributed by atoms with van der Waals surface area (Å²) < 4.78 is 5.20. The Balaban J connectivity index is 2.08. The maximum Gasteiger partial charge on any atom is 0.231 e. The number of rotatable bonds is 2. The van der Waals surface area contributed by atoms with Gasteiger partial charge in [-0.1, -0.05) is 12.1 Å². The molecule has 0 radical (unpaired) electrons. The van der Waals surface area contributed by atoms with Crippen molar-refractivity contribution in [3.05, 3.63) is 11.7 Å². The smallest absolute Gasteiger partial charge is 0.231 e. The summed E-state index contributed by atoms with van der Waals surface area (Å²) in [6.45, 7) is 4.22. The maximum atomic E-state index is 5.20. The molecule has 72 valence electrons. The van der Waals surface area contributed by atoms with Gasteiger partial charge in [-0.3, -0.25) is 0 Å². The van der Waals surface area contributed by atoms with Crippen LogP contribution in [0.1, 0.15) is 31.0 Å². The van der Waals surface area contributed by atoms with Crippen LogP contribution in [-0.4, -0.2) is 35.2 Å². The number of hydrogen-bond acceptors (Lipinski definition) is 4. The average Bonchev–Trinajstić information content (AvgIpc) is 2.71. The molecule has 1 aliphatic rings. The summed E-state index contributed by atoms with van der Waals surface area (Å²) in [5.41, 5.74) is 0. The van der Waals surface area contributed by atoms with Gasteiger partial charge >= 0.3 is 0 Å². The minimum atomic E-state index is 0.456. The van der Waals surface area contributed by atoms with E-state index in [1.165, 1.54) is 0 Å². The summed E-state index contributed by atoms with van der Waals surface area (Å²) in [7, 11) is 2.12. The molecule has 1 aromatic heterocycles. The first-order valence-electron chi connectivity index (χ1n) is 4.80. The molecule has 1 saturated heterocycles. The minimum absolute atomic E-state index is 0.456. The van der Waals surface area contributed by atoms with E-state index in [9.17, 15) is 0 Å². The Morgan fingerprint density at radius 3 is 3.00 bits per heavy atom. The molecule has 0 aromatic carbocycles. The molecule has 1 unspecified atom stereocenters. The largest absolute Gasteiger partial charge is 0.339 e. The van der Waals surface area contributed by atoms with Crippen LogP contribution < -0.4 is 0 Å². The SMILES string of the molecule is CCc1noc(C2CCN(C)C2)n1. The molecule has 4 heteroatoms. The van der Waals surface area contributed by atoms with Crippen molar-refractivity contribution < 1.29 is 4.52 Å². The highest BCUT2D eigenvalue weighted by Crippen LogP contribution is 2.24. The fourth-order valence-corrected chi connectivity index (χ4v) is 1.71. The van der Waals surface area contributed by atoms with Crippen molar-refractivity contribution in [3.63, 3.8) is 0 Å². The Hall–Kier alpha value is -0.900. The number of likely N-dealkylation sites (tertiary alicyclic amines) is 1. The zero-order valence-corrected chi connectivity index (χ0v) is 8.16. The second-order valence-electron chi connectivity index (χ2n) is 3.65. The Labute approximate surface area is 77.9 Å². The molecule has 0 N–H and O–H groups in total. The monoisotopic (exact) mass is 181 g/mol. The second kappa shape index (κ2) is 3.46. The lowest BCUT2D eigenvalue weighted by Crippen LogP contribution is -2.13. The van der Waals surface area contributed by atoms with Gasteiger partial charge in [0.05, 0.1) is 5.92 Å². The van der Waals surface area contributed by atoms with Gasteiger partial charge in [-0.25, -0.2) is 0 Å². The number of likely N-dealkylation sites (N-methyl/N-ethyl adjacent to an activating group) is 1. The fourth-order valence-electron chi connectivity index (χ4n) is 1.71. The van der Waals surface area contributed by atoms with Gasteiger partial charge in [0.25, 0.3) is 0 Å². The number of aryl methyl sites for hydroxylation is 1. The first kappa shape index (κ1) is 8.69. The van der Waals surface area contributed by atoms with E-state index < -0.39 is 0 Å². The Morgan fingerprint density at radius 2 is 2.46 bits per heavy atom. The molecule has 1 aromatic rings. The molecule has 13 heavy (non-hydrogen) atoms. The zero-order valence-electron chi connectivity index (χ0n) is 8.16. The van der Waals surface area contributed by atoms with Crippen LogP contribution in [0, 0.1) is 0 Å². The lowest BCUT2D eigenvalue weighted by atomic mass is 10.1. The van der Waals surface area contributed by atoms with Crippen molar-refractivity contribution in [2.45, 2.75) is 25.7 Å². The molecule has 0 spiro atoms. The summed E-state index contributed by atoms with van der Waals surface area (Å²) in [6.07, 6.45) is 1.99. The topological polar surface area (TPSA) is 42.2 Å². The third kappa shape index (κ3) is 1.72. The van der Waals surface area contributed by atoms with Crippen LogP contribution in [0.15, 0.2) is 4.52 Å². The van der Waals surface area contributed by atoms with Crippen LogP contribution >= 0.6 is 0 Å². The van der Waals surface area contributed by atoms with E-state index in [0.717, 1.165) is 37.6 Å². The van der Waals surface area contributed by atoms with Crippen molar-refractivity contribution in [1.82, 2.24) is 15.0 Å².